The quantitative estimate of drug-likeness (QED) is 0.230. The number of carbonyl (C=O) groups excluding carboxylic acids is 1. The fraction of sp³-hybridized carbons (Fsp3) is 0.286. The summed E-state index contributed by atoms with van der Waals surface area (Å²) >= 11 is 0. The van der Waals surface area contributed by atoms with Gasteiger partial charge in [-0.2, -0.15) is 17.5 Å². The molecule has 210 valence electrons. The third-order valence-electron chi connectivity index (χ3n) is 6.67. The van der Waals surface area contributed by atoms with Gasteiger partial charge in [0.2, 0.25) is 5.09 Å². The average molecular weight is 577 g/mol. The predicted molar refractivity (Wildman–Crippen MR) is 136 cm³/mol. The van der Waals surface area contributed by atoms with E-state index in [9.17, 15) is 30.8 Å². The summed E-state index contributed by atoms with van der Waals surface area (Å²) in [4.78, 5) is 16.5. The number of ketones is 1. The summed E-state index contributed by atoms with van der Waals surface area (Å²) in [5, 5.41) is -0.0155. The molecule has 0 bridgehead atoms. The van der Waals surface area contributed by atoms with Crippen LogP contribution in [0.15, 0.2) is 76.4 Å². The Hall–Kier alpha value is -3.77. The normalized spacial score (nSPS) is 16.4. The number of hydrogen-bond acceptors (Lipinski definition) is 6. The van der Waals surface area contributed by atoms with Crippen molar-refractivity contribution in [2.45, 2.75) is 49.6 Å². The van der Waals surface area contributed by atoms with Crippen LogP contribution in [-0.4, -0.2) is 36.1 Å². The first-order valence-electron chi connectivity index (χ1n) is 12.5. The van der Waals surface area contributed by atoms with Crippen LogP contribution in [0.4, 0.5) is 17.6 Å². The zero-order valence-corrected chi connectivity index (χ0v) is 21.8. The lowest BCUT2D eigenvalue weighted by atomic mass is 10.0. The predicted octanol–water partition coefficient (Wildman–Crippen LogP) is 5.92. The van der Waals surface area contributed by atoms with E-state index in [1.54, 1.807) is 24.3 Å². The number of fused-ring (bicyclic) bond motifs is 1. The smallest absolute Gasteiger partial charge is 0.433 e. The molecule has 2 aromatic carbocycles. The summed E-state index contributed by atoms with van der Waals surface area (Å²) in [6.07, 6.45) is -2.07. The molecule has 5 rings (SSSR count). The van der Waals surface area contributed by atoms with E-state index in [1.165, 1.54) is 30.3 Å². The van der Waals surface area contributed by atoms with E-state index >= 15 is 0 Å². The second-order valence-electron chi connectivity index (χ2n) is 9.47. The van der Waals surface area contributed by atoms with Gasteiger partial charge in [-0.1, -0.05) is 18.2 Å². The molecule has 7 nitrogen and oxygen atoms in total. The highest BCUT2D eigenvalue weighted by atomic mass is 32.2. The molecule has 0 spiro atoms. The van der Waals surface area contributed by atoms with Gasteiger partial charge in [-0.05, 0) is 61.2 Å². The summed E-state index contributed by atoms with van der Waals surface area (Å²) in [7, 11) is -4.11. The van der Waals surface area contributed by atoms with Gasteiger partial charge in [-0.3, -0.25) is 9.78 Å². The molecule has 0 radical (unpaired) electrons. The second kappa shape index (κ2) is 11.0. The number of furan rings is 1. The highest BCUT2D eigenvalue weighted by molar-refractivity contribution is 7.89. The second-order valence-corrected chi connectivity index (χ2v) is 11.3. The summed E-state index contributed by atoms with van der Waals surface area (Å²) < 4.78 is 90.5. The third kappa shape index (κ3) is 6.02. The Bertz CT molecular complexity index is 1630. The first-order valence-corrected chi connectivity index (χ1v) is 13.9. The Labute approximate surface area is 227 Å². The molecular formula is C28H24F4N2O5S. The number of pyridine rings is 1. The number of sulfonamides is 1. The largest absolute Gasteiger partial charge is 0.489 e. The van der Waals surface area contributed by atoms with Crippen molar-refractivity contribution in [3.8, 4) is 5.75 Å². The van der Waals surface area contributed by atoms with Crippen molar-refractivity contribution >= 4 is 26.8 Å². The first kappa shape index (κ1) is 27.8. The molecule has 12 heteroatoms. The third-order valence-corrected chi connectivity index (χ3v) is 8.44. The Balaban J connectivity index is 1.20. The minimum Gasteiger partial charge on any atom is -0.489 e. The molecular weight excluding hydrogens is 552 g/mol. The highest BCUT2D eigenvalue weighted by Crippen LogP contribution is 2.31. The number of hydrogen-bond donors (Lipinski definition) is 0. The number of carbonyl (C=O) groups is 1. The summed E-state index contributed by atoms with van der Waals surface area (Å²) in [6.45, 7) is 0.184. The van der Waals surface area contributed by atoms with E-state index in [1.807, 2.05) is 0 Å². The summed E-state index contributed by atoms with van der Waals surface area (Å²) in [5.41, 5.74) is 0.497. The van der Waals surface area contributed by atoms with Gasteiger partial charge in [0.25, 0.3) is 10.0 Å². The number of benzene rings is 2. The lowest BCUT2D eigenvalue weighted by molar-refractivity contribution is -0.141. The maximum atomic E-state index is 13.5. The van der Waals surface area contributed by atoms with E-state index in [0.29, 0.717) is 36.0 Å². The zero-order valence-electron chi connectivity index (χ0n) is 21.0. The van der Waals surface area contributed by atoms with Crippen LogP contribution in [0.2, 0.25) is 0 Å². The van der Waals surface area contributed by atoms with Crippen molar-refractivity contribution < 1.29 is 39.9 Å². The van der Waals surface area contributed by atoms with Crippen LogP contribution < -0.4 is 4.74 Å². The molecule has 40 heavy (non-hydrogen) atoms. The van der Waals surface area contributed by atoms with Crippen molar-refractivity contribution in [1.82, 2.24) is 9.29 Å². The highest BCUT2D eigenvalue weighted by Gasteiger charge is 2.40. The van der Waals surface area contributed by atoms with Gasteiger partial charge in [-0.15, -0.1) is 0 Å². The van der Waals surface area contributed by atoms with E-state index < -0.39 is 33.8 Å². The molecule has 4 aromatic rings. The van der Waals surface area contributed by atoms with Crippen LogP contribution in [0.5, 0.6) is 5.75 Å². The number of aryl methyl sites for hydroxylation is 1. The topological polar surface area (TPSA) is 89.7 Å². The van der Waals surface area contributed by atoms with Crippen LogP contribution in [0.25, 0.3) is 11.0 Å². The van der Waals surface area contributed by atoms with Crippen molar-refractivity contribution in [2.75, 3.05) is 6.54 Å². The SMILES string of the molecule is O=C(CCc1cccc(OCc2ccc(C(F)(F)F)nc2)c1)[C@@H]1CCCN1S(=O)(=O)c1cc2cc(F)ccc2o1. The van der Waals surface area contributed by atoms with Crippen LogP contribution in [0, 0.1) is 5.82 Å². The molecule has 1 saturated heterocycles. The first-order chi connectivity index (χ1) is 19.0. The molecule has 0 aliphatic carbocycles. The molecule has 1 atom stereocenters. The number of ether oxygens (including phenoxy) is 1. The van der Waals surface area contributed by atoms with E-state index in [2.05, 4.69) is 4.98 Å². The maximum Gasteiger partial charge on any atom is 0.433 e. The van der Waals surface area contributed by atoms with Crippen LogP contribution in [-0.2, 0) is 34.0 Å². The average Bonchev–Trinajstić information content (AvgIpc) is 3.59. The van der Waals surface area contributed by atoms with Gasteiger partial charge < -0.3 is 9.15 Å². The lowest BCUT2D eigenvalue weighted by Crippen LogP contribution is -2.40. The standard InChI is InChI=1S/C28H24F4N2O5S/c29-21-8-10-25-20(14-21)15-27(39-25)40(36,37)34-12-2-5-23(34)24(35)9-6-18-3-1-4-22(13-18)38-17-19-7-11-26(33-16-19)28(30,31)32/h1,3-4,7-8,10-11,13-16,23H,2,5-6,9,12,17H2/t23-/m0/s1. The van der Waals surface area contributed by atoms with Gasteiger partial charge in [0.15, 0.2) is 5.78 Å². The zero-order chi connectivity index (χ0) is 28.5. The molecule has 1 aliphatic rings. The molecule has 0 N–H and O–H groups in total. The fourth-order valence-electron chi connectivity index (χ4n) is 4.65. The minimum absolute atomic E-state index is 0.0108. The lowest BCUT2D eigenvalue weighted by Gasteiger charge is -2.21. The maximum absolute atomic E-state index is 13.5. The number of alkyl halides is 3. The van der Waals surface area contributed by atoms with Gasteiger partial charge in [0, 0.05) is 36.2 Å². The summed E-state index contributed by atoms with van der Waals surface area (Å²) in [5.74, 6) is -0.279. The number of Topliss-reactive ketones (excluding diaryl/α,β-unsaturated/α-hetero) is 1. The Morgan fingerprint density at radius 2 is 1.90 bits per heavy atom. The van der Waals surface area contributed by atoms with E-state index in [0.717, 1.165) is 22.1 Å². The Morgan fingerprint density at radius 3 is 2.65 bits per heavy atom. The van der Waals surface area contributed by atoms with Gasteiger partial charge in [-0.25, -0.2) is 12.8 Å². The van der Waals surface area contributed by atoms with Gasteiger partial charge in [0.1, 0.15) is 29.5 Å². The van der Waals surface area contributed by atoms with Gasteiger partial charge in [0.05, 0.1) is 6.04 Å². The minimum atomic E-state index is -4.51. The fourth-order valence-corrected chi connectivity index (χ4v) is 6.28. The number of aromatic nitrogens is 1. The van der Waals surface area contributed by atoms with Crippen LogP contribution in [0.3, 0.4) is 0 Å². The Kier molecular flexibility index (Phi) is 7.65. The molecule has 3 heterocycles. The van der Waals surface area contributed by atoms with Crippen LogP contribution >= 0.6 is 0 Å². The molecule has 1 aliphatic heterocycles. The molecule has 1 fully saturated rings. The van der Waals surface area contributed by atoms with Crippen LogP contribution in [0.1, 0.15) is 36.1 Å². The van der Waals surface area contributed by atoms with Crippen molar-refractivity contribution in [1.29, 1.82) is 0 Å². The monoisotopic (exact) mass is 576 g/mol. The molecule has 0 amide bonds. The van der Waals surface area contributed by atoms with Crippen molar-refractivity contribution in [3.05, 3.63) is 89.5 Å². The number of halogens is 4. The molecule has 0 saturated carbocycles. The van der Waals surface area contributed by atoms with E-state index in [4.69, 9.17) is 9.15 Å². The van der Waals surface area contributed by atoms with Gasteiger partial charge >= 0.3 is 6.18 Å². The summed E-state index contributed by atoms with van der Waals surface area (Å²) in [6, 6.07) is 13.3. The van der Waals surface area contributed by atoms with Crippen molar-refractivity contribution in [3.63, 3.8) is 0 Å². The Morgan fingerprint density at radius 1 is 1.07 bits per heavy atom. The number of nitrogens with zero attached hydrogens (tertiary/aromatic N) is 2. The molecule has 0 unspecified atom stereocenters. The van der Waals surface area contributed by atoms with Crippen molar-refractivity contribution in [2.24, 2.45) is 0 Å². The van der Waals surface area contributed by atoms with E-state index in [-0.39, 0.29) is 36.0 Å². The number of rotatable bonds is 9. The molecule has 2 aromatic heterocycles.